The zero-order chi connectivity index (χ0) is 33.0. The lowest BCUT2D eigenvalue weighted by atomic mass is 9.94. The van der Waals surface area contributed by atoms with Crippen LogP contribution in [-0.2, 0) is 0 Å². The summed E-state index contributed by atoms with van der Waals surface area (Å²) in [6.45, 7) is 0. The topological polar surface area (TPSA) is 63.0 Å². The monoisotopic (exact) mass is 643 g/mol. The van der Waals surface area contributed by atoms with Crippen LogP contribution in [0.4, 0.5) is 0 Å². The van der Waals surface area contributed by atoms with Crippen molar-refractivity contribution >= 4 is 55.5 Å². The number of aliphatic imine (C=N–C) groups is 2. The molecule has 1 unspecified atom stereocenters. The highest BCUT2D eigenvalue weighted by Gasteiger charge is 2.27. The van der Waals surface area contributed by atoms with E-state index >= 15 is 0 Å². The first-order valence-electron chi connectivity index (χ1n) is 16.8. The standard InChI is InChI=1S/C45H29N3O2/c1-4-13-28(14-5-1)40-37(45-47-43(29-15-6-2-7-16-29)46-44(48-45)30-17-8-3-9-18-30)26-25-36-35-21-12-20-32(41(35)50-42(36)40)31-23-24-34-33-19-10-11-22-38(33)49-39(34)27-31/h1-27,45H,(H,46,47,48). The van der Waals surface area contributed by atoms with Crippen LogP contribution in [0.15, 0.2) is 183 Å². The lowest BCUT2D eigenvalue weighted by Crippen LogP contribution is -2.33. The number of para-hydroxylation sites is 2. The van der Waals surface area contributed by atoms with Gasteiger partial charge in [-0.2, -0.15) is 0 Å². The Morgan fingerprint density at radius 3 is 1.90 bits per heavy atom. The van der Waals surface area contributed by atoms with E-state index in [1.54, 1.807) is 0 Å². The fourth-order valence-electron chi connectivity index (χ4n) is 7.20. The third-order valence-corrected chi connectivity index (χ3v) is 9.57. The molecular weight excluding hydrogens is 615 g/mol. The Kier molecular flexibility index (Phi) is 6.49. The lowest BCUT2D eigenvalue weighted by Gasteiger charge is -2.25. The average Bonchev–Trinajstić information content (AvgIpc) is 3.76. The number of nitrogens with zero attached hydrogens (tertiary/aromatic N) is 2. The molecule has 1 N–H and O–H groups in total. The van der Waals surface area contributed by atoms with E-state index in [9.17, 15) is 0 Å². The van der Waals surface area contributed by atoms with Crippen LogP contribution in [0.1, 0.15) is 22.9 Å². The maximum Gasteiger partial charge on any atom is 0.159 e. The second-order valence-corrected chi connectivity index (χ2v) is 12.6. The van der Waals surface area contributed by atoms with Gasteiger partial charge in [-0.3, -0.25) is 0 Å². The van der Waals surface area contributed by atoms with Gasteiger partial charge in [0.15, 0.2) is 5.84 Å². The van der Waals surface area contributed by atoms with E-state index in [1.807, 2.05) is 60.7 Å². The molecule has 5 nitrogen and oxygen atoms in total. The molecule has 5 heteroatoms. The molecular formula is C45H29N3O2. The van der Waals surface area contributed by atoms with Gasteiger partial charge in [-0.05, 0) is 29.3 Å². The fourth-order valence-corrected chi connectivity index (χ4v) is 7.20. The predicted molar refractivity (Wildman–Crippen MR) is 204 cm³/mol. The normalized spacial score (nSPS) is 14.6. The minimum absolute atomic E-state index is 0.416. The van der Waals surface area contributed by atoms with Crippen molar-refractivity contribution in [2.75, 3.05) is 0 Å². The summed E-state index contributed by atoms with van der Waals surface area (Å²) in [4.78, 5) is 10.2. The molecule has 0 radical (unpaired) electrons. The summed E-state index contributed by atoms with van der Waals surface area (Å²) in [6, 6.07) is 56.1. The van der Waals surface area contributed by atoms with E-state index in [0.717, 1.165) is 88.7 Å². The van der Waals surface area contributed by atoms with Crippen molar-refractivity contribution in [1.29, 1.82) is 0 Å². The predicted octanol–water partition coefficient (Wildman–Crippen LogP) is 11.3. The second-order valence-electron chi connectivity index (χ2n) is 12.6. The minimum Gasteiger partial charge on any atom is -0.456 e. The second kappa shape index (κ2) is 11.5. The minimum atomic E-state index is -0.416. The van der Waals surface area contributed by atoms with E-state index < -0.39 is 6.17 Å². The first kappa shape index (κ1) is 28.3. The first-order valence-corrected chi connectivity index (χ1v) is 16.8. The first-order chi connectivity index (χ1) is 24.8. The molecule has 0 bridgehead atoms. The van der Waals surface area contributed by atoms with Crippen LogP contribution in [0.25, 0.3) is 66.1 Å². The van der Waals surface area contributed by atoms with Crippen molar-refractivity contribution in [3.05, 3.63) is 180 Å². The Bertz CT molecular complexity index is 2780. The van der Waals surface area contributed by atoms with Gasteiger partial charge in [0, 0.05) is 49.4 Å². The summed E-state index contributed by atoms with van der Waals surface area (Å²) in [7, 11) is 0. The highest BCUT2D eigenvalue weighted by molar-refractivity contribution is 6.16. The summed E-state index contributed by atoms with van der Waals surface area (Å²) in [5, 5.41) is 8.00. The van der Waals surface area contributed by atoms with E-state index in [1.165, 1.54) is 0 Å². The van der Waals surface area contributed by atoms with E-state index in [2.05, 4.69) is 108 Å². The molecule has 0 spiro atoms. The quantitative estimate of drug-likeness (QED) is 0.203. The third-order valence-electron chi connectivity index (χ3n) is 9.57. The van der Waals surface area contributed by atoms with Gasteiger partial charge in [-0.25, -0.2) is 9.98 Å². The number of hydrogen-bond acceptors (Lipinski definition) is 5. The van der Waals surface area contributed by atoms with Crippen molar-refractivity contribution < 1.29 is 8.83 Å². The molecule has 3 heterocycles. The molecule has 1 aliphatic rings. The lowest BCUT2D eigenvalue weighted by molar-refractivity contribution is 0.658. The summed E-state index contributed by atoms with van der Waals surface area (Å²) < 4.78 is 13.3. The van der Waals surface area contributed by atoms with Crippen molar-refractivity contribution in [2.24, 2.45) is 9.98 Å². The maximum absolute atomic E-state index is 7.01. The number of fused-ring (bicyclic) bond motifs is 6. The molecule has 0 saturated heterocycles. The summed E-state index contributed by atoms with van der Waals surface area (Å²) in [6.07, 6.45) is -0.416. The van der Waals surface area contributed by atoms with Crippen molar-refractivity contribution in [3.8, 4) is 22.3 Å². The van der Waals surface area contributed by atoms with Gasteiger partial charge in [-0.1, -0.05) is 146 Å². The van der Waals surface area contributed by atoms with Gasteiger partial charge in [0.2, 0.25) is 0 Å². The number of hydrogen-bond donors (Lipinski definition) is 1. The zero-order valence-electron chi connectivity index (χ0n) is 26.9. The number of amidine groups is 2. The van der Waals surface area contributed by atoms with E-state index in [-0.39, 0.29) is 0 Å². The Morgan fingerprint density at radius 1 is 0.460 bits per heavy atom. The largest absolute Gasteiger partial charge is 0.456 e. The Balaban J connectivity index is 1.18. The molecule has 1 aliphatic heterocycles. The van der Waals surface area contributed by atoms with Gasteiger partial charge in [-0.15, -0.1) is 0 Å². The molecule has 10 rings (SSSR count). The van der Waals surface area contributed by atoms with Gasteiger partial charge >= 0.3 is 0 Å². The molecule has 7 aromatic carbocycles. The molecule has 236 valence electrons. The maximum atomic E-state index is 7.01. The van der Waals surface area contributed by atoms with Crippen molar-refractivity contribution in [2.45, 2.75) is 6.17 Å². The van der Waals surface area contributed by atoms with Crippen molar-refractivity contribution in [3.63, 3.8) is 0 Å². The number of benzene rings is 7. The van der Waals surface area contributed by atoms with E-state index in [0.29, 0.717) is 5.84 Å². The molecule has 0 amide bonds. The molecule has 50 heavy (non-hydrogen) atoms. The highest BCUT2D eigenvalue weighted by Crippen LogP contribution is 2.44. The van der Waals surface area contributed by atoms with Crippen LogP contribution in [0.3, 0.4) is 0 Å². The Morgan fingerprint density at radius 2 is 1.10 bits per heavy atom. The van der Waals surface area contributed by atoms with Crippen LogP contribution in [-0.4, -0.2) is 11.7 Å². The third kappa shape index (κ3) is 4.63. The Hall–Kier alpha value is -6.72. The van der Waals surface area contributed by atoms with Gasteiger partial charge in [0.1, 0.15) is 34.3 Å². The van der Waals surface area contributed by atoms with Crippen LogP contribution in [0.2, 0.25) is 0 Å². The van der Waals surface area contributed by atoms with Crippen LogP contribution < -0.4 is 5.32 Å². The number of nitrogens with one attached hydrogen (secondary N) is 1. The van der Waals surface area contributed by atoms with Gasteiger partial charge in [0.25, 0.3) is 0 Å². The summed E-state index contributed by atoms with van der Waals surface area (Å²) >= 11 is 0. The fraction of sp³-hybridized carbons (Fsp3) is 0.0222. The highest BCUT2D eigenvalue weighted by atomic mass is 16.3. The molecule has 9 aromatic rings. The van der Waals surface area contributed by atoms with E-state index in [4.69, 9.17) is 18.8 Å². The molecule has 1 atom stereocenters. The molecule has 0 fully saturated rings. The average molecular weight is 644 g/mol. The summed E-state index contributed by atoms with van der Waals surface area (Å²) in [5.74, 6) is 1.46. The smallest absolute Gasteiger partial charge is 0.159 e. The van der Waals surface area contributed by atoms with Crippen LogP contribution in [0.5, 0.6) is 0 Å². The van der Waals surface area contributed by atoms with Crippen molar-refractivity contribution in [1.82, 2.24) is 5.32 Å². The van der Waals surface area contributed by atoms with Gasteiger partial charge in [0.05, 0.1) is 0 Å². The molecule has 0 saturated carbocycles. The Labute approximate surface area is 287 Å². The molecule has 0 aliphatic carbocycles. The number of furan rings is 2. The molecule has 2 aromatic heterocycles. The van der Waals surface area contributed by atoms with Crippen LogP contribution >= 0.6 is 0 Å². The SMILES string of the molecule is c1ccc(C2=NC(c3ccc4c(oc5c(-c6ccc7c(c6)oc6ccccc67)cccc54)c3-c3ccccc3)NC(c3ccccc3)=N2)cc1. The summed E-state index contributed by atoms with van der Waals surface area (Å²) in [5.41, 5.74) is 10.5. The van der Waals surface area contributed by atoms with Gasteiger partial charge < -0.3 is 14.2 Å². The van der Waals surface area contributed by atoms with Crippen LogP contribution in [0, 0.1) is 0 Å². The number of rotatable bonds is 5. The zero-order valence-corrected chi connectivity index (χ0v) is 26.9.